The molecule has 1 atom stereocenters. The van der Waals surface area contributed by atoms with E-state index < -0.39 is 0 Å². The molecule has 1 fully saturated rings. The van der Waals surface area contributed by atoms with Crippen LogP contribution in [-0.4, -0.2) is 35.4 Å². The molecule has 2 rings (SSSR count). The minimum Gasteiger partial charge on any atom is -0.342 e. The SMILES string of the molecule is CC(NCC(=O)N1CCCCC1)c1cncs1. The summed E-state index contributed by atoms with van der Waals surface area (Å²) in [6.45, 7) is 4.35. The Morgan fingerprint density at radius 1 is 1.53 bits per heavy atom. The van der Waals surface area contributed by atoms with Crippen LogP contribution in [0.3, 0.4) is 0 Å². The summed E-state index contributed by atoms with van der Waals surface area (Å²) in [4.78, 5) is 19.1. The first-order chi connectivity index (χ1) is 8.27. The lowest BCUT2D eigenvalue weighted by Gasteiger charge is -2.27. The standard InChI is InChI=1S/C12H19N3OS/c1-10(11-7-13-9-17-11)14-8-12(16)15-5-3-2-4-6-15/h7,9-10,14H,2-6,8H2,1H3. The molecule has 0 aromatic carbocycles. The van der Waals surface area contributed by atoms with Crippen molar-refractivity contribution in [2.24, 2.45) is 0 Å². The highest BCUT2D eigenvalue weighted by Gasteiger charge is 2.17. The van der Waals surface area contributed by atoms with Crippen LogP contribution >= 0.6 is 11.3 Å². The van der Waals surface area contributed by atoms with Crippen molar-refractivity contribution < 1.29 is 4.79 Å². The largest absolute Gasteiger partial charge is 0.342 e. The molecule has 0 bridgehead atoms. The molecule has 17 heavy (non-hydrogen) atoms. The number of rotatable bonds is 4. The predicted octanol–water partition coefficient (Wildman–Crippen LogP) is 1.81. The first-order valence-electron chi connectivity index (χ1n) is 6.17. The van der Waals surface area contributed by atoms with Crippen LogP contribution in [0.4, 0.5) is 0 Å². The topological polar surface area (TPSA) is 45.2 Å². The number of aromatic nitrogens is 1. The van der Waals surface area contributed by atoms with Gasteiger partial charge in [0.1, 0.15) is 0 Å². The maximum absolute atomic E-state index is 11.9. The molecule has 4 nitrogen and oxygen atoms in total. The van der Waals surface area contributed by atoms with E-state index in [9.17, 15) is 4.79 Å². The lowest BCUT2D eigenvalue weighted by atomic mass is 10.1. The van der Waals surface area contributed by atoms with Gasteiger partial charge >= 0.3 is 0 Å². The van der Waals surface area contributed by atoms with Crippen molar-refractivity contribution in [1.82, 2.24) is 15.2 Å². The van der Waals surface area contributed by atoms with E-state index in [4.69, 9.17) is 0 Å². The number of hydrogen-bond acceptors (Lipinski definition) is 4. The number of thiazole rings is 1. The maximum Gasteiger partial charge on any atom is 0.236 e. The van der Waals surface area contributed by atoms with Crippen LogP contribution < -0.4 is 5.32 Å². The molecule has 1 aromatic rings. The summed E-state index contributed by atoms with van der Waals surface area (Å²) in [5.41, 5.74) is 1.82. The van der Waals surface area contributed by atoms with Crippen molar-refractivity contribution in [2.45, 2.75) is 32.2 Å². The molecule has 1 aliphatic rings. The zero-order valence-electron chi connectivity index (χ0n) is 10.2. The Labute approximate surface area is 106 Å². The van der Waals surface area contributed by atoms with Crippen LogP contribution in [0.2, 0.25) is 0 Å². The Hall–Kier alpha value is -0.940. The predicted molar refractivity (Wildman–Crippen MR) is 69.0 cm³/mol. The van der Waals surface area contributed by atoms with Gasteiger partial charge in [0, 0.05) is 30.2 Å². The number of piperidine rings is 1. The number of carbonyl (C=O) groups excluding carboxylic acids is 1. The molecule has 0 aliphatic carbocycles. The highest BCUT2D eigenvalue weighted by molar-refractivity contribution is 7.09. The second-order valence-corrected chi connectivity index (χ2v) is 5.37. The third-order valence-electron chi connectivity index (χ3n) is 3.15. The van der Waals surface area contributed by atoms with Gasteiger partial charge in [-0.2, -0.15) is 0 Å². The third kappa shape index (κ3) is 3.51. The molecule has 94 valence electrons. The highest BCUT2D eigenvalue weighted by atomic mass is 32.1. The maximum atomic E-state index is 11.9. The van der Waals surface area contributed by atoms with Gasteiger partial charge in [0.2, 0.25) is 5.91 Å². The minimum absolute atomic E-state index is 0.205. The quantitative estimate of drug-likeness (QED) is 0.890. The van der Waals surface area contributed by atoms with Gasteiger partial charge in [-0.15, -0.1) is 11.3 Å². The molecular weight excluding hydrogens is 234 g/mol. The van der Waals surface area contributed by atoms with E-state index in [1.54, 1.807) is 11.3 Å². The second-order valence-electron chi connectivity index (χ2n) is 4.45. The number of carbonyl (C=O) groups is 1. The Bertz CT molecular complexity index is 347. The fourth-order valence-electron chi connectivity index (χ4n) is 2.04. The Morgan fingerprint density at radius 2 is 2.29 bits per heavy atom. The average molecular weight is 253 g/mol. The lowest BCUT2D eigenvalue weighted by Crippen LogP contribution is -2.41. The van der Waals surface area contributed by atoms with Crippen LogP contribution in [-0.2, 0) is 4.79 Å². The zero-order valence-corrected chi connectivity index (χ0v) is 11.0. The van der Waals surface area contributed by atoms with Crippen LogP contribution in [0, 0.1) is 0 Å². The molecule has 1 aliphatic heterocycles. The van der Waals surface area contributed by atoms with E-state index in [2.05, 4.69) is 17.2 Å². The van der Waals surface area contributed by atoms with Gasteiger partial charge in [-0.05, 0) is 26.2 Å². The fraction of sp³-hybridized carbons (Fsp3) is 0.667. The van der Waals surface area contributed by atoms with Gasteiger partial charge in [0.15, 0.2) is 0 Å². The van der Waals surface area contributed by atoms with Crippen molar-refractivity contribution in [3.8, 4) is 0 Å². The summed E-state index contributed by atoms with van der Waals surface area (Å²) in [5, 5.41) is 3.26. The summed E-state index contributed by atoms with van der Waals surface area (Å²) >= 11 is 1.62. The smallest absolute Gasteiger partial charge is 0.236 e. The number of likely N-dealkylation sites (tertiary alicyclic amines) is 1. The van der Waals surface area contributed by atoms with Gasteiger partial charge in [0.05, 0.1) is 12.1 Å². The van der Waals surface area contributed by atoms with Crippen LogP contribution in [0.1, 0.15) is 37.1 Å². The molecule has 0 saturated carbocycles. The summed E-state index contributed by atoms with van der Waals surface area (Å²) in [6, 6.07) is 0.205. The Morgan fingerprint density at radius 3 is 2.94 bits per heavy atom. The molecule has 1 N–H and O–H groups in total. The zero-order chi connectivity index (χ0) is 12.1. The monoisotopic (exact) mass is 253 g/mol. The van der Waals surface area contributed by atoms with E-state index >= 15 is 0 Å². The molecule has 1 unspecified atom stereocenters. The molecule has 1 saturated heterocycles. The second kappa shape index (κ2) is 6.12. The van der Waals surface area contributed by atoms with Gasteiger partial charge in [-0.3, -0.25) is 9.78 Å². The number of amides is 1. The summed E-state index contributed by atoms with van der Waals surface area (Å²) in [6.07, 6.45) is 5.41. The number of hydrogen-bond donors (Lipinski definition) is 1. The van der Waals surface area contributed by atoms with Crippen molar-refractivity contribution in [3.63, 3.8) is 0 Å². The van der Waals surface area contributed by atoms with E-state index in [-0.39, 0.29) is 11.9 Å². The van der Waals surface area contributed by atoms with Crippen molar-refractivity contribution >= 4 is 17.2 Å². The van der Waals surface area contributed by atoms with Crippen molar-refractivity contribution in [1.29, 1.82) is 0 Å². The number of nitrogens with one attached hydrogen (secondary N) is 1. The van der Waals surface area contributed by atoms with Gasteiger partial charge in [0.25, 0.3) is 0 Å². The Kier molecular flexibility index (Phi) is 4.50. The molecule has 2 heterocycles. The minimum atomic E-state index is 0.205. The molecule has 5 heteroatoms. The van der Waals surface area contributed by atoms with E-state index in [0.29, 0.717) is 6.54 Å². The summed E-state index contributed by atoms with van der Waals surface area (Å²) in [5.74, 6) is 0.223. The average Bonchev–Trinajstić information content (AvgIpc) is 2.90. The summed E-state index contributed by atoms with van der Waals surface area (Å²) in [7, 11) is 0. The first-order valence-corrected chi connectivity index (χ1v) is 7.05. The van der Waals surface area contributed by atoms with Crippen molar-refractivity contribution in [2.75, 3.05) is 19.6 Å². The lowest BCUT2D eigenvalue weighted by molar-refractivity contribution is -0.131. The molecule has 0 spiro atoms. The fourth-order valence-corrected chi connectivity index (χ4v) is 2.69. The molecular formula is C12H19N3OS. The normalized spacial score (nSPS) is 18.1. The van der Waals surface area contributed by atoms with E-state index in [1.807, 2.05) is 16.6 Å². The van der Waals surface area contributed by atoms with E-state index in [1.165, 1.54) is 11.3 Å². The molecule has 1 amide bonds. The van der Waals surface area contributed by atoms with Gasteiger partial charge in [-0.25, -0.2) is 0 Å². The first kappa shape index (κ1) is 12.5. The summed E-state index contributed by atoms with van der Waals surface area (Å²) < 4.78 is 0. The third-order valence-corrected chi connectivity index (χ3v) is 4.10. The van der Waals surface area contributed by atoms with Crippen LogP contribution in [0.15, 0.2) is 11.7 Å². The number of nitrogens with zero attached hydrogens (tertiary/aromatic N) is 2. The van der Waals surface area contributed by atoms with Gasteiger partial charge in [-0.1, -0.05) is 0 Å². The van der Waals surface area contributed by atoms with Crippen LogP contribution in [0.25, 0.3) is 0 Å². The molecule has 1 aromatic heterocycles. The Balaban J connectivity index is 1.75. The van der Waals surface area contributed by atoms with Crippen molar-refractivity contribution in [3.05, 3.63) is 16.6 Å². The van der Waals surface area contributed by atoms with Gasteiger partial charge < -0.3 is 10.2 Å². The van der Waals surface area contributed by atoms with Crippen LogP contribution in [0.5, 0.6) is 0 Å². The van der Waals surface area contributed by atoms with E-state index in [0.717, 1.165) is 25.9 Å². The molecule has 0 radical (unpaired) electrons. The highest BCUT2D eigenvalue weighted by Crippen LogP contribution is 2.16.